The summed E-state index contributed by atoms with van der Waals surface area (Å²) < 4.78 is 16.4. The third kappa shape index (κ3) is 4.06. The fourth-order valence-electron chi connectivity index (χ4n) is 2.41. The molecule has 132 valence electrons. The summed E-state index contributed by atoms with van der Waals surface area (Å²) >= 11 is 0. The van der Waals surface area contributed by atoms with Crippen molar-refractivity contribution >= 4 is 0 Å². The SMILES string of the molecule is CNC(C)Cc1noc(-c2cccc(OCc3c(C)noc3C)c2)n1. The molecular formula is C18H22N4O3. The molecule has 7 heteroatoms. The maximum atomic E-state index is 5.86. The van der Waals surface area contributed by atoms with E-state index in [1.54, 1.807) is 0 Å². The molecule has 0 spiro atoms. The van der Waals surface area contributed by atoms with Crippen molar-refractivity contribution in [2.75, 3.05) is 7.05 Å². The highest BCUT2D eigenvalue weighted by molar-refractivity contribution is 5.55. The van der Waals surface area contributed by atoms with Crippen LogP contribution in [0.15, 0.2) is 33.3 Å². The van der Waals surface area contributed by atoms with Gasteiger partial charge in [0, 0.05) is 18.0 Å². The van der Waals surface area contributed by atoms with Gasteiger partial charge in [-0.3, -0.25) is 0 Å². The van der Waals surface area contributed by atoms with Gasteiger partial charge >= 0.3 is 0 Å². The minimum Gasteiger partial charge on any atom is -0.489 e. The van der Waals surface area contributed by atoms with Gasteiger partial charge in [0.05, 0.1) is 11.3 Å². The van der Waals surface area contributed by atoms with Gasteiger partial charge in [0.2, 0.25) is 0 Å². The largest absolute Gasteiger partial charge is 0.489 e. The molecule has 0 aliphatic rings. The second-order valence-electron chi connectivity index (χ2n) is 6.03. The molecular weight excluding hydrogens is 320 g/mol. The van der Waals surface area contributed by atoms with E-state index in [4.69, 9.17) is 13.8 Å². The van der Waals surface area contributed by atoms with E-state index in [-0.39, 0.29) is 6.04 Å². The van der Waals surface area contributed by atoms with Gasteiger partial charge < -0.3 is 19.1 Å². The van der Waals surface area contributed by atoms with Crippen molar-refractivity contribution in [3.05, 3.63) is 47.1 Å². The molecule has 0 aliphatic heterocycles. The van der Waals surface area contributed by atoms with E-state index in [0.717, 1.165) is 28.3 Å². The van der Waals surface area contributed by atoms with E-state index in [1.165, 1.54) is 0 Å². The van der Waals surface area contributed by atoms with Crippen LogP contribution in [0.4, 0.5) is 0 Å². The van der Waals surface area contributed by atoms with Crippen molar-refractivity contribution < 1.29 is 13.8 Å². The van der Waals surface area contributed by atoms with Gasteiger partial charge in [-0.25, -0.2) is 0 Å². The third-order valence-electron chi connectivity index (χ3n) is 4.10. The molecule has 0 saturated heterocycles. The maximum Gasteiger partial charge on any atom is 0.258 e. The van der Waals surface area contributed by atoms with E-state index in [2.05, 4.69) is 27.5 Å². The number of nitrogens with one attached hydrogen (secondary N) is 1. The van der Waals surface area contributed by atoms with Gasteiger partial charge in [-0.1, -0.05) is 16.4 Å². The van der Waals surface area contributed by atoms with Crippen LogP contribution in [-0.4, -0.2) is 28.4 Å². The lowest BCUT2D eigenvalue weighted by atomic mass is 10.2. The molecule has 0 saturated carbocycles. The first-order valence-electron chi connectivity index (χ1n) is 8.21. The molecule has 3 rings (SSSR count). The van der Waals surface area contributed by atoms with Gasteiger partial charge in [-0.05, 0) is 46.0 Å². The first-order valence-corrected chi connectivity index (χ1v) is 8.21. The highest BCUT2D eigenvalue weighted by Gasteiger charge is 2.13. The molecule has 1 aromatic carbocycles. The van der Waals surface area contributed by atoms with Crippen LogP contribution < -0.4 is 10.1 Å². The monoisotopic (exact) mass is 342 g/mol. The van der Waals surface area contributed by atoms with E-state index < -0.39 is 0 Å². The lowest BCUT2D eigenvalue weighted by Crippen LogP contribution is -2.24. The van der Waals surface area contributed by atoms with E-state index >= 15 is 0 Å². The predicted octanol–water partition coefficient (Wildman–Crippen LogP) is 3.07. The van der Waals surface area contributed by atoms with Gasteiger partial charge in [0.25, 0.3) is 5.89 Å². The van der Waals surface area contributed by atoms with Crippen LogP contribution in [0.1, 0.15) is 29.8 Å². The highest BCUT2D eigenvalue weighted by atomic mass is 16.5. The number of aromatic nitrogens is 3. The normalized spacial score (nSPS) is 12.3. The Labute approximate surface area is 146 Å². The van der Waals surface area contributed by atoms with E-state index in [9.17, 15) is 0 Å². The Balaban J connectivity index is 1.71. The van der Waals surface area contributed by atoms with Crippen LogP contribution >= 0.6 is 0 Å². The summed E-state index contributed by atoms with van der Waals surface area (Å²) in [5.41, 5.74) is 2.63. The summed E-state index contributed by atoms with van der Waals surface area (Å²) in [6.45, 7) is 6.25. The average molecular weight is 342 g/mol. The molecule has 1 unspecified atom stereocenters. The van der Waals surface area contributed by atoms with Gasteiger partial charge in [0.1, 0.15) is 18.1 Å². The molecule has 0 aliphatic carbocycles. The number of likely N-dealkylation sites (N-methyl/N-ethyl adjacent to an activating group) is 1. The van der Waals surface area contributed by atoms with Gasteiger partial charge in [0.15, 0.2) is 5.82 Å². The Bertz CT molecular complexity index is 821. The van der Waals surface area contributed by atoms with E-state index in [1.807, 2.05) is 45.2 Å². The summed E-state index contributed by atoms with van der Waals surface area (Å²) in [7, 11) is 1.91. The van der Waals surface area contributed by atoms with Crippen LogP contribution in [0, 0.1) is 13.8 Å². The Hall–Kier alpha value is -2.67. The molecule has 2 heterocycles. The van der Waals surface area contributed by atoms with Crippen LogP contribution in [0.3, 0.4) is 0 Å². The van der Waals surface area contributed by atoms with Gasteiger partial charge in [-0.15, -0.1) is 0 Å². The summed E-state index contributed by atoms with van der Waals surface area (Å²) in [6, 6.07) is 7.88. The fourth-order valence-corrected chi connectivity index (χ4v) is 2.41. The Morgan fingerprint density at radius 3 is 2.76 bits per heavy atom. The van der Waals surface area contributed by atoms with E-state index in [0.29, 0.717) is 24.7 Å². The second kappa shape index (κ2) is 7.48. The topological polar surface area (TPSA) is 86.2 Å². The van der Waals surface area contributed by atoms with Crippen LogP contribution in [-0.2, 0) is 13.0 Å². The van der Waals surface area contributed by atoms with Crippen molar-refractivity contribution in [2.45, 2.75) is 39.8 Å². The molecule has 0 bridgehead atoms. The first kappa shape index (κ1) is 17.2. The summed E-state index contributed by atoms with van der Waals surface area (Å²) in [6.07, 6.45) is 0.711. The lowest BCUT2D eigenvalue weighted by Gasteiger charge is -2.06. The third-order valence-corrected chi connectivity index (χ3v) is 4.10. The lowest BCUT2D eigenvalue weighted by molar-refractivity contribution is 0.301. The number of hydrogen-bond acceptors (Lipinski definition) is 7. The molecule has 7 nitrogen and oxygen atoms in total. The Morgan fingerprint density at radius 2 is 2.04 bits per heavy atom. The number of hydrogen-bond donors (Lipinski definition) is 1. The zero-order valence-electron chi connectivity index (χ0n) is 14.9. The van der Waals surface area contributed by atoms with Crippen molar-refractivity contribution in [3.8, 4) is 17.2 Å². The second-order valence-corrected chi connectivity index (χ2v) is 6.03. The van der Waals surface area contributed by atoms with Crippen molar-refractivity contribution in [3.63, 3.8) is 0 Å². The Kier molecular flexibility index (Phi) is 5.14. The number of rotatable bonds is 7. The van der Waals surface area contributed by atoms with Crippen LogP contribution in [0.2, 0.25) is 0 Å². The number of ether oxygens (including phenoxy) is 1. The summed E-state index contributed by atoms with van der Waals surface area (Å²) in [5, 5.41) is 11.1. The zero-order chi connectivity index (χ0) is 17.8. The number of benzene rings is 1. The summed E-state index contributed by atoms with van der Waals surface area (Å²) in [5.74, 6) is 2.66. The highest BCUT2D eigenvalue weighted by Crippen LogP contribution is 2.24. The minimum atomic E-state index is 0.287. The molecule has 0 radical (unpaired) electrons. The molecule has 1 N–H and O–H groups in total. The predicted molar refractivity (Wildman–Crippen MR) is 92.3 cm³/mol. The zero-order valence-corrected chi connectivity index (χ0v) is 14.9. The quantitative estimate of drug-likeness (QED) is 0.706. The molecule has 1 atom stereocenters. The number of nitrogens with zero attached hydrogens (tertiary/aromatic N) is 3. The number of aryl methyl sites for hydroxylation is 2. The fraction of sp³-hybridized carbons (Fsp3) is 0.389. The van der Waals surface area contributed by atoms with Crippen molar-refractivity contribution in [2.24, 2.45) is 0 Å². The van der Waals surface area contributed by atoms with Crippen LogP contribution in [0.25, 0.3) is 11.5 Å². The molecule has 2 aromatic heterocycles. The maximum absolute atomic E-state index is 5.86. The van der Waals surface area contributed by atoms with Crippen molar-refractivity contribution in [1.82, 2.24) is 20.6 Å². The smallest absolute Gasteiger partial charge is 0.258 e. The molecule has 0 fully saturated rings. The van der Waals surface area contributed by atoms with Gasteiger partial charge in [-0.2, -0.15) is 4.98 Å². The Morgan fingerprint density at radius 1 is 1.20 bits per heavy atom. The minimum absolute atomic E-state index is 0.287. The van der Waals surface area contributed by atoms with Crippen LogP contribution in [0.5, 0.6) is 5.75 Å². The average Bonchev–Trinajstić information content (AvgIpc) is 3.20. The van der Waals surface area contributed by atoms with Crippen molar-refractivity contribution in [1.29, 1.82) is 0 Å². The first-order chi connectivity index (χ1) is 12.1. The molecule has 0 amide bonds. The molecule has 25 heavy (non-hydrogen) atoms. The summed E-state index contributed by atoms with van der Waals surface area (Å²) in [4.78, 5) is 4.45. The molecule has 3 aromatic rings. The standard InChI is InChI=1S/C18H22N4O3/c1-11(19-4)8-17-20-18(25-22-17)14-6-5-7-15(9-14)23-10-16-12(2)21-24-13(16)3/h5-7,9,11,19H,8,10H2,1-4H3.